The SMILES string of the molecule is CCCNc1ncnc(OC2CCCCC2CC)c1CC. The maximum atomic E-state index is 6.31. The van der Waals surface area contributed by atoms with Crippen LogP contribution in [0.3, 0.4) is 0 Å². The Kier molecular flexibility index (Phi) is 6.27. The second-order valence-corrected chi connectivity index (χ2v) is 5.90. The third-order valence-corrected chi connectivity index (χ3v) is 4.43. The van der Waals surface area contributed by atoms with Gasteiger partial charge in [-0.25, -0.2) is 9.97 Å². The number of nitrogens with zero attached hydrogens (tertiary/aromatic N) is 2. The van der Waals surface area contributed by atoms with Gasteiger partial charge in [0.05, 0.1) is 5.56 Å². The molecule has 0 aliphatic heterocycles. The highest BCUT2D eigenvalue weighted by molar-refractivity contribution is 5.48. The zero-order valence-corrected chi connectivity index (χ0v) is 13.7. The highest BCUT2D eigenvalue weighted by Gasteiger charge is 2.26. The van der Waals surface area contributed by atoms with E-state index in [0.29, 0.717) is 12.0 Å². The fourth-order valence-electron chi connectivity index (χ4n) is 3.15. The number of hydrogen-bond acceptors (Lipinski definition) is 4. The number of ether oxygens (including phenoxy) is 1. The molecular weight excluding hydrogens is 262 g/mol. The smallest absolute Gasteiger partial charge is 0.222 e. The number of rotatable bonds is 7. The van der Waals surface area contributed by atoms with Crippen LogP contribution < -0.4 is 10.1 Å². The lowest BCUT2D eigenvalue weighted by Gasteiger charge is -2.31. The van der Waals surface area contributed by atoms with Crippen LogP contribution >= 0.6 is 0 Å². The first-order valence-electron chi connectivity index (χ1n) is 8.54. The average Bonchev–Trinajstić information content (AvgIpc) is 2.53. The molecule has 0 spiro atoms. The first-order valence-corrected chi connectivity index (χ1v) is 8.54. The summed E-state index contributed by atoms with van der Waals surface area (Å²) >= 11 is 0. The van der Waals surface area contributed by atoms with Gasteiger partial charge in [-0.3, -0.25) is 0 Å². The van der Waals surface area contributed by atoms with Crippen LogP contribution in [0.2, 0.25) is 0 Å². The third-order valence-electron chi connectivity index (χ3n) is 4.43. The fraction of sp³-hybridized carbons (Fsp3) is 0.765. The van der Waals surface area contributed by atoms with Gasteiger partial charge in [0.25, 0.3) is 0 Å². The van der Waals surface area contributed by atoms with Crippen molar-refractivity contribution in [2.24, 2.45) is 5.92 Å². The zero-order valence-electron chi connectivity index (χ0n) is 13.7. The summed E-state index contributed by atoms with van der Waals surface area (Å²) in [5.41, 5.74) is 1.12. The molecule has 4 nitrogen and oxygen atoms in total. The van der Waals surface area contributed by atoms with E-state index in [1.54, 1.807) is 6.33 Å². The molecule has 1 aromatic heterocycles. The summed E-state index contributed by atoms with van der Waals surface area (Å²) in [7, 11) is 0. The molecule has 2 atom stereocenters. The van der Waals surface area contributed by atoms with Crippen LogP contribution in [-0.4, -0.2) is 22.6 Å². The zero-order chi connectivity index (χ0) is 15.1. The van der Waals surface area contributed by atoms with Crippen molar-refractivity contribution in [3.8, 4) is 5.88 Å². The molecule has 1 heterocycles. The van der Waals surface area contributed by atoms with Gasteiger partial charge in [0, 0.05) is 6.54 Å². The lowest BCUT2D eigenvalue weighted by atomic mass is 9.85. The molecule has 1 saturated carbocycles. The van der Waals surface area contributed by atoms with Crippen molar-refractivity contribution in [3.63, 3.8) is 0 Å². The Morgan fingerprint density at radius 2 is 2.00 bits per heavy atom. The summed E-state index contributed by atoms with van der Waals surface area (Å²) < 4.78 is 6.31. The number of hydrogen-bond donors (Lipinski definition) is 1. The van der Waals surface area contributed by atoms with Gasteiger partial charge >= 0.3 is 0 Å². The Balaban J connectivity index is 2.14. The van der Waals surface area contributed by atoms with E-state index in [1.807, 2.05) is 0 Å². The molecule has 4 heteroatoms. The minimum atomic E-state index is 0.322. The topological polar surface area (TPSA) is 47.0 Å². The first kappa shape index (κ1) is 16.1. The lowest BCUT2D eigenvalue weighted by Crippen LogP contribution is -2.30. The highest BCUT2D eigenvalue weighted by atomic mass is 16.5. The van der Waals surface area contributed by atoms with Crippen LogP contribution in [0.25, 0.3) is 0 Å². The molecule has 0 amide bonds. The second kappa shape index (κ2) is 8.20. The van der Waals surface area contributed by atoms with Gasteiger partial charge in [0.2, 0.25) is 5.88 Å². The Morgan fingerprint density at radius 1 is 1.19 bits per heavy atom. The summed E-state index contributed by atoms with van der Waals surface area (Å²) in [5.74, 6) is 2.40. The Hall–Kier alpha value is -1.32. The van der Waals surface area contributed by atoms with Gasteiger partial charge < -0.3 is 10.1 Å². The molecule has 1 aliphatic carbocycles. The van der Waals surface area contributed by atoms with E-state index in [1.165, 1.54) is 25.7 Å². The third kappa shape index (κ3) is 4.08. The van der Waals surface area contributed by atoms with Crippen LogP contribution in [0.1, 0.15) is 64.9 Å². The van der Waals surface area contributed by atoms with Crippen LogP contribution in [-0.2, 0) is 6.42 Å². The summed E-state index contributed by atoms with van der Waals surface area (Å²) in [6.07, 6.45) is 10.2. The van der Waals surface area contributed by atoms with Gasteiger partial charge in [-0.2, -0.15) is 0 Å². The number of nitrogens with one attached hydrogen (secondary N) is 1. The Morgan fingerprint density at radius 3 is 2.71 bits per heavy atom. The molecule has 21 heavy (non-hydrogen) atoms. The van der Waals surface area contributed by atoms with Crippen LogP contribution in [0.5, 0.6) is 5.88 Å². The van der Waals surface area contributed by atoms with Crippen molar-refractivity contribution in [2.45, 2.75) is 71.8 Å². The fourth-order valence-corrected chi connectivity index (χ4v) is 3.15. The monoisotopic (exact) mass is 291 g/mol. The van der Waals surface area contributed by atoms with Crippen molar-refractivity contribution in [1.29, 1.82) is 0 Å². The molecule has 0 bridgehead atoms. The second-order valence-electron chi connectivity index (χ2n) is 5.90. The summed E-state index contributed by atoms with van der Waals surface area (Å²) in [6.45, 7) is 7.50. The number of anilines is 1. The van der Waals surface area contributed by atoms with Crippen LogP contribution in [0, 0.1) is 5.92 Å². The molecule has 0 saturated heterocycles. The van der Waals surface area contributed by atoms with Crippen molar-refractivity contribution in [1.82, 2.24) is 9.97 Å². The van der Waals surface area contributed by atoms with Crippen molar-refractivity contribution in [2.75, 3.05) is 11.9 Å². The molecule has 2 unspecified atom stereocenters. The van der Waals surface area contributed by atoms with Gasteiger partial charge in [-0.1, -0.05) is 27.2 Å². The highest BCUT2D eigenvalue weighted by Crippen LogP contribution is 2.32. The normalized spacial score (nSPS) is 22.0. The number of aromatic nitrogens is 2. The molecule has 1 aromatic rings. The standard InChI is InChI=1S/C17H29N3O/c1-4-11-18-16-14(6-3)17(20-12-19-16)21-15-10-8-7-9-13(15)5-2/h12-13,15H,4-11H2,1-3H3,(H,18,19,20). The molecule has 118 valence electrons. The van der Waals surface area contributed by atoms with E-state index in [2.05, 4.69) is 36.1 Å². The largest absolute Gasteiger partial charge is 0.474 e. The molecule has 1 N–H and O–H groups in total. The van der Waals surface area contributed by atoms with E-state index in [0.717, 1.165) is 43.1 Å². The molecule has 1 fully saturated rings. The van der Waals surface area contributed by atoms with Crippen molar-refractivity contribution < 1.29 is 4.74 Å². The molecule has 0 radical (unpaired) electrons. The summed E-state index contributed by atoms with van der Waals surface area (Å²) in [4.78, 5) is 8.79. The first-order chi connectivity index (χ1) is 10.3. The Labute approximate surface area is 128 Å². The molecule has 2 rings (SSSR count). The Bertz CT molecular complexity index is 436. The predicted molar refractivity (Wildman–Crippen MR) is 86.9 cm³/mol. The minimum absolute atomic E-state index is 0.322. The van der Waals surface area contributed by atoms with E-state index in [4.69, 9.17) is 4.74 Å². The maximum absolute atomic E-state index is 6.31. The van der Waals surface area contributed by atoms with Crippen LogP contribution in [0.4, 0.5) is 5.82 Å². The quantitative estimate of drug-likeness (QED) is 0.817. The van der Waals surface area contributed by atoms with Crippen LogP contribution in [0.15, 0.2) is 6.33 Å². The van der Waals surface area contributed by atoms with E-state index >= 15 is 0 Å². The molecule has 0 aromatic carbocycles. The van der Waals surface area contributed by atoms with E-state index < -0.39 is 0 Å². The van der Waals surface area contributed by atoms with E-state index in [9.17, 15) is 0 Å². The van der Waals surface area contributed by atoms with Crippen molar-refractivity contribution >= 4 is 5.82 Å². The summed E-state index contributed by atoms with van der Waals surface area (Å²) in [5, 5.41) is 3.39. The van der Waals surface area contributed by atoms with Crippen molar-refractivity contribution in [3.05, 3.63) is 11.9 Å². The molecule has 1 aliphatic rings. The molecular formula is C17H29N3O. The van der Waals surface area contributed by atoms with Gasteiger partial charge in [-0.15, -0.1) is 0 Å². The predicted octanol–water partition coefficient (Wildman–Crippen LogP) is 4.21. The maximum Gasteiger partial charge on any atom is 0.222 e. The summed E-state index contributed by atoms with van der Waals surface area (Å²) in [6, 6.07) is 0. The lowest BCUT2D eigenvalue weighted by molar-refractivity contribution is 0.0847. The van der Waals surface area contributed by atoms with Gasteiger partial charge in [-0.05, 0) is 44.4 Å². The minimum Gasteiger partial charge on any atom is -0.474 e. The van der Waals surface area contributed by atoms with E-state index in [-0.39, 0.29) is 0 Å². The average molecular weight is 291 g/mol. The van der Waals surface area contributed by atoms with Gasteiger partial charge in [0.15, 0.2) is 0 Å². The van der Waals surface area contributed by atoms with Gasteiger partial charge in [0.1, 0.15) is 18.2 Å².